The van der Waals surface area contributed by atoms with Gasteiger partial charge in [-0.1, -0.05) is 29.6 Å². The monoisotopic (exact) mass is 558 g/mol. The Morgan fingerprint density at radius 3 is 2.71 bits per heavy atom. The van der Waals surface area contributed by atoms with Crippen LogP contribution in [0.3, 0.4) is 0 Å². The first-order chi connectivity index (χ1) is 14.6. The van der Waals surface area contributed by atoms with Gasteiger partial charge in [-0.3, -0.25) is 9.79 Å². The Balaban J connectivity index is 0.00000272. The van der Waals surface area contributed by atoms with Gasteiger partial charge in [0.05, 0.1) is 6.54 Å². The van der Waals surface area contributed by atoms with Gasteiger partial charge in [0.15, 0.2) is 5.96 Å². The molecule has 0 bridgehead atoms. The average molecular weight is 559 g/mol. The highest BCUT2D eigenvalue weighted by Gasteiger charge is 2.32. The number of guanidine groups is 1. The Kier molecular flexibility index (Phi) is 8.53. The lowest BCUT2D eigenvalue weighted by molar-refractivity contribution is -0.134. The molecule has 1 aromatic carbocycles. The van der Waals surface area contributed by atoms with Crippen LogP contribution in [0.15, 0.2) is 33.8 Å². The molecule has 2 aromatic rings. The van der Waals surface area contributed by atoms with Gasteiger partial charge in [-0.25, -0.2) is 0 Å². The highest BCUT2D eigenvalue weighted by atomic mass is 127. The second kappa shape index (κ2) is 11.1. The molecule has 1 unspecified atom stereocenters. The van der Waals surface area contributed by atoms with E-state index in [1.807, 2.05) is 17.0 Å². The quantitative estimate of drug-likeness (QED) is 0.332. The van der Waals surface area contributed by atoms with Crippen LogP contribution in [0.4, 0.5) is 0 Å². The number of likely N-dealkylation sites (tertiary alicyclic amines) is 1. The maximum atomic E-state index is 12.6. The van der Waals surface area contributed by atoms with Crippen molar-refractivity contribution in [3.8, 4) is 11.4 Å². The molecular formula is C21H28ClIN6O2. The van der Waals surface area contributed by atoms with Gasteiger partial charge in [-0.05, 0) is 43.5 Å². The lowest BCUT2D eigenvalue weighted by Crippen LogP contribution is -2.45. The number of carbonyl (C=O) groups excluding carboxylic acids is 1. The predicted octanol–water partition coefficient (Wildman–Crippen LogP) is 3.46. The van der Waals surface area contributed by atoms with E-state index in [1.165, 1.54) is 12.8 Å². The molecule has 2 fully saturated rings. The molecule has 1 atom stereocenters. The second-order valence-corrected chi connectivity index (χ2v) is 8.28. The molecule has 1 amide bonds. The van der Waals surface area contributed by atoms with E-state index < -0.39 is 0 Å². The summed E-state index contributed by atoms with van der Waals surface area (Å²) in [4.78, 5) is 23.3. The van der Waals surface area contributed by atoms with Gasteiger partial charge in [-0.2, -0.15) is 4.98 Å². The zero-order chi connectivity index (χ0) is 20.9. The fourth-order valence-corrected chi connectivity index (χ4v) is 4.23. The van der Waals surface area contributed by atoms with Crippen LogP contribution < -0.4 is 10.6 Å². The molecule has 31 heavy (non-hydrogen) atoms. The van der Waals surface area contributed by atoms with Crippen molar-refractivity contribution < 1.29 is 9.32 Å². The highest BCUT2D eigenvalue weighted by Crippen LogP contribution is 2.27. The molecule has 1 saturated heterocycles. The van der Waals surface area contributed by atoms with Crippen LogP contribution in [0.2, 0.25) is 5.02 Å². The first-order valence-corrected chi connectivity index (χ1v) is 10.8. The summed E-state index contributed by atoms with van der Waals surface area (Å²) >= 11 is 5.92. The zero-order valence-corrected chi connectivity index (χ0v) is 20.6. The number of aliphatic imine (C=N–C) groups is 1. The van der Waals surface area contributed by atoms with Crippen LogP contribution in [0.25, 0.3) is 11.4 Å². The Hall–Kier alpha value is -1.88. The number of halogens is 2. The third-order valence-electron chi connectivity index (χ3n) is 5.75. The minimum atomic E-state index is 0. The van der Waals surface area contributed by atoms with Crippen molar-refractivity contribution in [1.82, 2.24) is 25.7 Å². The minimum Gasteiger partial charge on any atom is -0.352 e. The second-order valence-electron chi connectivity index (χ2n) is 7.84. The average Bonchev–Trinajstić information content (AvgIpc) is 3.53. The van der Waals surface area contributed by atoms with Gasteiger partial charge in [0, 0.05) is 42.7 Å². The van der Waals surface area contributed by atoms with Crippen LogP contribution in [0.5, 0.6) is 0 Å². The van der Waals surface area contributed by atoms with Crippen molar-refractivity contribution >= 4 is 47.4 Å². The topological polar surface area (TPSA) is 95.7 Å². The fraction of sp³-hybridized carbons (Fsp3) is 0.524. The molecular weight excluding hydrogens is 531 g/mol. The molecule has 4 rings (SSSR count). The first-order valence-electron chi connectivity index (χ1n) is 10.5. The number of benzene rings is 1. The predicted molar refractivity (Wildman–Crippen MR) is 130 cm³/mol. The van der Waals surface area contributed by atoms with Crippen LogP contribution in [0, 0.1) is 5.92 Å². The molecule has 1 saturated carbocycles. The van der Waals surface area contributed by atoms with E-state index in [1.54, 1.807) is 19.2 Å². The van der Waals surface area contributed by atoms with E-state index in [0.717, 1.165) is 37.9 Å². The molecule has 1 aliphatic carbocycles. The summed E-state index contributed by atoms with van der Waals surface area (Å²) in [6.45, 7) is 1.88. The summed E-state index contributed by atoms with van der Waals surface area (Å²) in [7, 11) is 1.72. The molecule has 0 radical (unpaired) electrons. The van der Waals surface area contributed by atoms with E-state index in [-0.39, 0.29) is 35.9 Å². The summed E-state index contributed by atoms with van der Waals surface area (Å²) < 4.78 is 5.33. The lowest BCUT2D eigenvalue weighted by atomic mass is 10.1. The number of amides is 1. The molecule has 168 valence electrons. The van der Waals surface area contributed by atoms with Crippen molar-refractivity contribution in [3.05, 3.63) is 35.2 Å². The number of hydrogen-bond acceptors (Lipinski definition) is 5. The summed E-state index contributed by atoms with van der Waals surface area (Å²) in [5.41, 5.74) is 0.842. The van der Waals surface area contributed by atoms with E-state index in [9.17, 15) is 4.79 Å². The first kappa shape index (κ1) is 23.8. The molecule has 8 nitrogen and oxygen atoms in total. The summed E-state index contributed by atoms with van der Waals surface area (Å²) in [5.74, 6) is 2.19. The third-order valence-corrected chi connectivity index (χ3v) is 6.00. The van der Waals surface area contributed by atoms with Gasteiger partial charge < -0.3 is 20.1 Å². The molecule has 2 heterocycles. The number of nitrogens with zero attached hydrogens (tertiary/aromatic N) is 4. The van der Waals surface area contributed by atoms with Crippen molar-refractivity contribution in [2.45, 2.75) is 44.7 Å². The summed E-state index contributed by atoms with van der Waals surface area (Å²) in [5, 5.41) is 11.3. The van der Waals surface area contributed by atoms with E-state index in [0.29, 0.717) is 35.1 Å². The number of nitrogens with one attached hydrogen (secondary N) is 2. The summed E-state index contributed by atoms with van der Waals surface area (Å²) in [6.07, 6.45) is 5.36. The highest BCUT2D eigenvalue weighted by molar-refractivity contribution is 14.0. The maximum Gasteiger partial charge on any atom is 0.246 e. The van der Waals surface area contributed by atoms with Crippen molar-refractivity contribution in [1.29, 1.82) is 0 Å². The molecule has 2 N–H and O–H groups in total. The van der Waals surface area contributed by atoms with Crippen LogP contribution in [-0.2, 0) is 11.3 Å². The lowest BCUT2D eigenvalue weighted by Gasteiger charge is -2.21. The van der Waals surface area contributed by atoms with E-state index in [2.05, 4.69) is 25.8 Å². The van der Waals surface area contributed by atoms with Crippen LogP contribution in [0.1, 0.15) is 38.0 Å². The van der Waals surface area contributed by atoms with E-state index >= 15 is 0 Å². The van der Waals surface area contributed by atoms with Gasteiger partial charge in [0.1, 0.15) is 0 Å². The standard InChI is InChI=1S/C21H27ClN6O2.HI/c1-23-21(25-17-10-11-28(13-17)20(29)15-4-2-3-5-15)24-12-18-26-19(27-30-18)14-6-8-16(22)9-7-14;/h6-9,15,17H,2-5,10-13H2,1H3,(H2,23,24,25);1H. The minimum absolute atomic E-state index is 0. The molecule has 1 aliphatic heterocycles. The van der Waals surface area contributed by atoms with Crippen molar-refractivity contribution in [2.24, 2.45) is 10.9 Å². The van der Waals surface area contributed by atoms with Gasteiger partial charge in [-0.15, -0.1) is 24.0 Å². The fourth-order valence-electron chi connectivity index (χ4n) is 4.10. The molecule has 10 heteroatoms. The zero-order valence-electron chi connectivity index (χ0n) is 17.5. The Bertz CT molecular complexity index is 898. The van der Waals surface area contributed by atoms with Gasteiger partial charge in [0.25, 0.3) is 0 Å². The Labute approximate surface area is 204 Å². The number of aromatic nitrogens is 2. The normalized spacial score (nSPS) is 19.4. The number of carbonyl (C=O) groups is 1. The van der Waals surface area contributed by atoms with Gasteiger partial charge in [0.2, 0.25) is 17.6 Å². The molecule has 2 aliphatic rings. The Morgan fingerprint density at radius 1 is 1.26 bits per heavy atom. The SMILES string of the molecule is CN=C(NCc1nc(-c2ccc(Cl)cc2)no1)NC1CCN(C(=O)C2CCCC2)C1.I. The van der Waals surface area contributed by atoms with E-state index in [4.69, 9.17) is 16.1 Å². The Morgan fingerprint density at radius 2 is 2.00 bits per heavy atom. The summed E-state index contributed by atoms with van der Waals surface area (Å²) in [6, 6.07) is 7.47. The molecule has 1 aromatic heterocycles. The number of rotatable bonds is 5. The largest absolute Gasteiger partial charge is 0.352 e. The smallest absolute Gasteiger partial charge is 0.246 e. The van der Waals surface area contributed by atoms with Crippen LogP contribution in [-0.4, -0.2) is 53.1 Å². The van der Waals surface area contributed by atoms with Crippen molar-refractivity contribution in [2.75, 3.05) is 20.1 Å². The number of hydrogen-bond donors (Lipinski definition) is 2. The maximum absolute atomic E-state index is 12.6. The molecule has 0 spiro atoms. The van der Waals surface area contributed by atoms with Crippen LogP contribution >= 0.6 is 35.6 Å². The van der Waals surface area contributed by atoms with Crippen molar-refractivity contribution in [3.63, 3.8) is 0 Å². The van der Waals surface area contributed by atoms with Gasteiger partial charge >= 0.3 is 0 Å². The third kappa shape index (κ3) is 6.09.